The highest BCUT2D eigenvalue weighted by Crippen LogP contribution is 2.29. The highest BCUT2D eigenvalue weighted by molar-refractivity contribution is 6.32. The number of nitro groups is 1. The summed E-state index contributed by atoms with van der Waals surface area (Å²) in [7, 11) is 0. The minimum absolute atomic E-state index is 0.0944. The number of benzene rings is 1. The van der Waals surface area contributed by atoms with Gasteiger partial charge in [0.05, 0.1) is 4.92 Å². The Hall–Kier alpha value is -1.94. The molecule has 1 aromatic carbocycles. The Morgan fingerprint density at radius 3 is 2.69 bits per heavy atom. The zero-order valence-corrected chi connectivity index (χ0v) is 8.89. The molecule has 0 unspecified atom stereocenters. The van der Waals surface area contributed by atoms with Crippen molar-refractivity contribution in [2.45, 2.75) is 0 Å². The lowest BCUT2D eigenvalue weighted by Gasteiger charge is -2.01. The van der Waals surface area contributed by atoms with Gasteiger partial charge in [-0.05, 0) is 17.7 Å². The van der Waals surface area contributed by atoms with E-state index in [-0.39, 0.29) is 10.7 Å². The summed E-state index contributed by atoms with van der Waals surface area (Å²) in [6.45, 7) is 0. The van der Waals surface area contributed by atoms with Crippen LogP contribution in [0.4, 0.5) is 5.69 Å². The van der Waals surface area contributed by atoms with E-state index in [9.17, 15) is 10.1 Å². The van der Waals surface area contributed by atoms with Crippen LogP contribution in [-0.4, -0.2) is 9.91 Å². The van der Waals surface area contributed by atoms with Crippen LogP contribution in [0.2, 0.25) is 5.02 Å². The highest BCUT2D eigenvalue weighted by Gasteiger charge is 2.13. The zero-order chi connectivity index (χ0) is 11.5. The average Bonchev–Trinajstić information content (AvgIpc) is 2.30. The largest absolute Gasteiger partial charge is 0.288 e. The second-order valence-electron chi connectivity index (χ2n) is 3.17. The molecule has 0 atom stereocenters. The fourth-order valence-electron chi connectivity index (χ4n) is 1.37. The number of pyridine rings is 1. The van der Waals surface area contributed by atoms with Crippen molar-refractivity contribution < 1.29 is 4.92 Å². The molecule has 80 valence electrons. The fraction of sp³-hybridized carbons (Fsp3) is 0. The van der Waals surface area contributed by atoms with Crippen molar-refractivity contribution in [3.8, 4) is 11.1 Å². The normalized spacial score (nSPS) is 10.1. The molecule has 0 fully saturated rings. The van der Waals surface area contributed by atoms with Gasteiger partial charge >= 0.3 is 0 Å². The van der Waals surface area contributed by atoms with Crippen LogP contribution in [0.15, 0.2) is 42.7 Å². The van der Waals surface area contributed by atoms with Crippen LogP contribution in [0.3, 0.4) is 0 Å². The van der Waals surface area contributed by atoms with Gasteiger partial charge in [0, 0.05) is 24.0 Å². The van der Waals surface area contributed by atoms with Crippen LogP contribution in [0.5, 0.6) is 0 Å². The summed E-state index contributed by atoms with van der Waals surface area (Å²) in [4.78, 5) is 14.2. The Bertz CT molecular complexity index is 529. The maximum atomic E-state index is 10.7. The molecule has 5 heteroatoms. The van der Waals surface area contributed by atoms with Gasteiger partial charge < -0.3 is 0 Å². The van der Waals surface area contributed by atoms with Crippen LogP contribution in [0.1, 0.15) is 0 Å². The second-order valence-corrected chi connectivity index (χ2v) is 3.57. The first kappa shape index (κ1) is 10.6. The Labute approximate surface area is 96.7 Å². The average molecular weight is 235 g/mol. The predicted octanol–water partition coefficient (Wildman–Crippen LogP) is 3.31. The molecule has 16 heavy (non-hydrogen) atoms. The van der Waals surface area contributed by atoms with Crippen molar-refractivity contribution in [3.05, 3.63) is 57.9 Å². The molecule has 0 N–H and O–H groups in total. The van der Waals surface area contributed by atoms with Crippen molar-refractivity contribution in [2.75, 3.05) is 0 Å². The number of nitro benzene ring substituents is 1. The molecule has 1 heterocycles. The molecule has 0 aliphatic heterocycles. The van der Waals surface area contributed by atoms with Gasteiger partial charge in [0.15, 0.2) is 0 Å². The van der Waals surface area contributed by atoms with Crippen molar-refractivity contribution in [1.29, 1.82) is 0 Å². The van der Waals surface area contributed by atoms with Crippen molar-refractivity contribution in [2.24, 2.45) is 0 Å². The maximum Gasteiger partial charge on any atom is 0.288 e. The Morgan fingerprint density at radius 2 is 2.06 bits per heavy atom. The van der Waals surface area contributed by atoms with E-state index in [0.717, 1.165) is 11.1 Å². The van der Waals surface area contributed by atoms with E-state index < -0.39 is 4.92 Å². The first-order valence-corrected chi connectivity index (χ1v) is 4.90. The minimum atomic E-state index is -0.498. The van der Waals surface area contributed by atoms with Gasteiger partial charge in [-0.3, -0.25) is 15.1 Å². The van der Waals surface area contributed by atoms with Crippen LogP contribution in [0.25, 0.3) is 11.1 Å². The molecule has 0 saturated carbocycles. The molecule has 0 aliphatic carbocycles. The summed E-state index contributed by atoms with van der Waals surface area (Å²) in [5.74, 6) is 0. The number of nitrogens with zero attached hydrogens (tertiary/aromatic N) is 2. The van der Waals surface area contributed by atoms with Crippen molar-refractivity contribution in [1.82, 2.24) is 4.98 Å². The van der Waals surface area contributed by atoms with Gasteiger partial charge in [0.2, 0.25) is 0 Å². The molecule has 2 aromatic rings. The molecule has 0 aliphatic rings. The minimum Gasteiger partial charge on any atom is -0.264 e. The summed E-state index contributed by atoms with van der Waals surface area (Å²) in [6, 6.07) is 8.30. The van der Waals surface area contributed by atoms with Gasteiger partial charge in [-0.25, -0.2) is 0 Å². The number of hydrogen-bond acceptors (Lipinski definition) is 3. The van der Waals surface area contributed by atoms with E-state index in [1.807, 2.05) is 6.07 Å². The first-order chi connectivity index (χ1) is 7.68. The van der Waals surface area contributed by atoms with E-state index in [2.05, 4.69) is 4.98 Å². The lowest BCUT2D eigenvalue weighted by molar-refractivity contribution is -0.384. The molecule has 0 saturated heterocycles. The van der Waals surface area contributed by atoms with Gasteiger partial charge in [0.25, 0.3) is 5.69 Å². The van der Waals surface area contributed by atoms with Gasteiger partial charge in [-0.15, -0.1) is 0 Å². The number of rotatable bonds is 2. The van der Waals surface area contributed by atoms with Crippen molar-refractivity contribution >= 4 is 17.3 Å². The molecule has 4 nitrogen and oxygen atoms in total. The summed E-state index contributed by atoms with van der Waals surface area (Å²) in [5, 5.41) is 10.8. The summed E-state index contributed by atoms with van der Waals surface area (Å²) < 4.78 is 0. The van der Waals surface area contributed by atoms with Crippen LogP contribution < -0.4 is 0 Å². The Balaban J connectivity index is 2.52. The van der Waals surface area contributed by atoms with E-state index in [0.29, 0.717) is 0 Å². The Morgan fingerprint density at radius 1 is 1.25 bits per heavy atom. The third-order valence-electron chi connectivity index (χ3n) is 2.14. The van der Waals surface area contributed by atoms with Crippen LogP contribution in [0, 0.1) is 10.1 Å². The van der Waals surface area contributed by atoms with E-state index in [4.69, 9.17) is 11.6 Å². The van der Waals surface area contributed by atoms with Crippen LogP contribution >= 0.6 is 11.6 Å². The molecule has 0 spiro atoms. The summed E-state index contributed by atoms with van der Waals surface area (Å²) >= 11 is 5.72. The SMILES string of the molecule is O=[N+]([O-])c1cc(-c2cccnc2)ccc1Cl. The van der Waals surface area contributed by atoms with E-state index in [1.54, 1.807) is 24.5 Å². The molecule has 0 bridgehead atoms. The molecular formula is C11H7ClN2O2. The third kappa shape index (κ3) is 2.01. The monoisotopic (exact) mass is 234 g/mol. The molecule has 0 amide bonds. The first-order valence-electron chi connectivity index (χ1n) is 4.53. The zero-order valence-electron chi connectivity index (χ0n) is 8.13. The van der Waals surface area contributed by atoms with E-state index >= 15 is 0 Å². The highest BCUT2D eigenvalue weighted by atomic mass is 35.5. The fourth-order valence-corrected chi connectivity index (χ4v) is 1.55. The summed E-state index contributed by atoms with van der Waals surface area (Å²) in [6.07, 6.45) is 3.29. The number of aromatic nitrogens is 1. The maximum absolute atomic E-state index is 10.7. The smallest absolute Gasteiger partial charge is 0.264 e. The van der Waals surface area contributed by atoms with Gasteiger partial charge in [-0.1, -0.05) is 23.7 Å². The topological polar surface area (TPSA) is 56.0 Å². The Kier molecular flexibility index (Phi) is 2.83. The van der Waals surface area contributed by atoms with Gasteiger partial charge in [-0.2, -0.15) is 0 Å². The summed E-state index contributed by atoms with van der Waals surface area (Å²) in [5.41, 5.74) is 1.45. The van der Waals surface area contributed by atoms with Crippen LogP contribution in [-0.2, 0) is 0 Å². The van der Waals surface area contributed by atoms with Crippen molar-refractivity contribution in [3.63, 3.8) is 0 Å². The second kappa shape index (κ2) is 4.28. The standard InChI is InChI=1S/C11H7ClN2O2/c12-10-4-3-8(6-11(10)14(15)16)9-2-1-5-13-7-9/h1-7H. The number of hydrogen-bond donors (Lipinski definition) is 0. The number of halogens is 1. The predicted molar refractivity (Wildman–Crippen MR) is 61.3 cm³/mol. The lowest BCUT2D eigenvalue weighted by Crippen LogP contribution is -1.90. The molecule has 0 radical (unpaired) electrons. The lowest BCUT2D eigenvalue weighted by atomic mass is 10.1. The quantitative estimate of drug-likeness (QED) is 0.592. The molecule has 2 rings (SSSR count). The van der Waals surface area contributed by atoms with E-state index in [1.165, 1.54) is 12.1 Å². The van der Waals surface area contributed by atoms with Gasteiger partial charge in [0.1, 0.15) is 5.02 Å². The third-order valence-corrected chi connectivity index (χ3v) is 2.46. The molecule has 1 aromatic heterocycles. The molecular weight excluding hydrogens is 228 g/mol.